The second-order valence-corrected chi connectivity index (χ2v) is 4.70. The summed E-state index contributed by atoms with van der Waals surface area (Å²) in [5.41, 5.74) is -0.238. The van der Waals surface area contributed by atoms with Crippen molar-refractivity contribution < 1.29 is 13.2 Å². The molecule has 2 rings (SSSR count). The standard InChI is InChI=1S/C14H16F3N2/c1-2-7-13(10-18-8-9-19-13)11-3-5-12(6-4-11)14(15,16)17/h1-6,18-19H,7-10H2. The molecule has 0 amide bonds. The van der Waals surface area contributed by atoms with E-state index in [2.05, 4.69) is 10.6 Å². The SMILES string of the molecule is [CH]=CCC1(c2ccc(C(F)(F)F)cc2)CNCCN1. The normalized spacial score (nSPS) is 24.2. The molecule has 1 fully saturated rings. The van der Waals surface area contributed by atoms with Crippen molar-refractivity contribution in [2.75, 3.05) is 19.6 Å². The van der Waals surface area contributed by atoms with Gasteiger partial charge in [-0.15, -0.1) is 0 Å². The van der Waals surface area contributed by atoms with Crippen LogP contribution in [0.5, 0.6) is 0 Å². The van der Waals surface area contributed by atoms with E-state index in [9.17, 15) is 13.2 Å². The van der Waals surface area contributed by atoms with Crippen LogP contribution < -0.4 is 10.6 Å². The van der Waals surface area contributed by atoms with Crippen LogP contribution in [0.2, 0.25) is 0 Å². The van der Waals surface area contributed by atoms with Crippen LogP contribution in [0.25, 0.3) is 0 Å². The Morgan fingerprint density at radius 3 is 2.37 bits per heavy atom. The highest BCUT2D eigenvalue weighted by molar-refractivity contribution is 5.31. The molecule has 0 saturated carbocycles. The van der Waals surface area contributed by atoms with E-state index in [1.807, 2.05) is 0 Å². The van der Waals surface area contributed by atoms with Crippen LogP contribution in [0, 0.1) is 6.58 Å². The Kier molecular flexibility index (Phi) is 3.96. The van der Waals surface area contributed by atoms with Crippen LogP contribution in [-0.4, -0.2) is 19.6 Å². The van der Waals surface area contributed by atoms with Crippen molar-refractivity contribution in [3.63, 3.8) is 0 Å². The highest BCUT2D eigenvalue weighted by Crippen LogP contribution is 2.32. The van der Waals surface area contributed by atoms with Gasteiger partial charge in [0.15, 0.2) is 0 Å². The van der Waals surface area contributed by atoms with Gasteiger partial charge in [-0.1, -0.05) is 24.8 Å². The fourth-order valence-electron chi connectivity index (χ4n) is 2.40. The quantitative estimate of drug-likeness (QED) is 0.881. The van der Waals surface area contributed by atoms with Gasteiger partial charge in [-0.05, 0) is 24.1 Å². The molecule has 1 atom stereocenters. The largest absolute Gasteiger partial charge is 0.416 e. The smallest absolute Gasteiger partial charge is 0.313 e. The third kappa shape index (κ3) is 2.98. The molecule has 1 aliphatic heterocycles. The lowest BCUT2D eigenvalue weighted by Crippen LogP contribution is -2.56. The predicted molar refractivity (Wildman–Crippen MR) is 67.5 cm³/mol. The van der Waals surface area contributed by atoms with Crippen molar-refractivity contribution in [3.8, 4) is 0 Å². The molecule has 1 unspecified atom stereocenters. The summed E-state index contributed by atoms with van der Waals surface area (Å²) in [6.07, 6.45) is -2.20. The molecule has 1 aromatic carbocycles. The van der Waals surface area contributed by atoms with Gasteiger partial charge >= 0.3 is 6.18 Å². The van der Waals surface area contributed by atoms with Gasteiger partial charge in [0, 0.05) is 19.6 Å². The number of piperazine rings is 1. The van der Waals surface area contributed by atoms with Gasteiger partial charge in [0.2, 0.25) is 0 Å². The average Bonchev–Trinajstić information content (AvgIpc) is 2.39. The molecule has 103 valence electrons. The summed E-state index contributed by atoms with van der Waals surface area (Å²) >= 11 is 0. The Hall–Kier alpha value is -1.33. The Labute approximate surface area is 110 Å². The highest BCUT2D eigenvalue weighted by atomic mass is 19.4. The van der Waals surface area contributed by atoms with Crippen molar-refractivity contribution in [2.24, 2.45) is 0 Å². The number of rotatable bonds is 3. The lowest BCUT2D eigenvalue weighted by atomic mass is 9.84. The van der Waals surface area contributed by atoms with E-state index < -0.39 is 17.3 Å². The van der Waals surface area contributed by atoms with Gasteiger partial charge in [0.05, 0.1) is 11.1 Å². The molecular weight excluding hydrogens is 253 g/mol. The molecule has 1 saturated heterocycles. The monoisotopic (exact) mass is 269 g/mol. The van der Waals surface area contributed by atoms with E-state index >= 15 is 0 Å². The second kappa shape index (κ2) is 5.35. The number of hydrogen-bond donors (Lipinski definition) is 2. The zero-order chi connectivity index (χ0) is 13.9. The van der Waals surface area contributed by atoms with Gasteiger partial charge in [0.25, 0.3) is 0 Å². The van der Waals surface area contributed by atoms with Crippen molar-refractivity contribution >= 4 is 0 Å². The van der Waals surface area contributed by atoms with Crippen LogP contribution in [0.1, 0.15) is 17.5 Å². The topological polar surface area (TPSA) is 24.1 Å². The van der Waals surface area contributed by atoms with Crippen LogP contribution >= 0.6 is 0 Å². The first-order valence-electron chi connectivity index (χ1n) is 6.15. The Balaban J connectivity index is 2.30. The summed E-state index contributed by atoms with van der Waals surface area (Å²) in [7, 11) is 0. The number of alkyl halides is 3. The zero-order valence-electron chi connectivity index (χ0n) is 10.4. The molecular formula is C14H16F3N2. The van der Waals surface area contributed by atoms with Crippen molar-refractivity contribution in [1.82, 2.24) is 10.6 Å². The second-order valence-electron chi connectivity index (χ2n) is 4.70. The molecule has 1 aliphatic rings. The fourth-order valence-corrected chi connectivity index (χ4v) is 2.40. The van der Waals surface area contributed by atoms with E-state index in [1.165, 1.54) is 18.2 Å². The molecule has 2 N–H and O–H groups in total. The Bertz CT molecular complexity index is 431. The fraction of sp³-hybridized carbons (Fsp3) is 0.429. The van der Waals surface area contributed by atoms with E-state index in [0.717, 1.165) is 30.8 Å². The molecule has 2 nitrogen and oxygen atoms in total. The first-order valence-corrected chi connectivity index (χ1v) is 6.15. The van der Waals surface area contributed by atoms with Crippen molar-refractivity contribution in [1.29, 1.82) is 0 Å². The lowest BCUT2D eigenvalue weighted by molar-refractivity contribution is -0.137. The minimum atomic E-state index is -4.30. The maximum Gasteiger partial charge on any atom is 0.416 e. The molecule has 0 aliphatic carbocycles. The van der Waals surface area contributed by atoms with Crippen LogP contribution in [0.15, 0.2) is 30.3 Å². The van der Waals surface area contributed by atoms with Gasteiger partial charge in [-0.2, -0.15) is 13.2 Å². The Morgan fingerprint density at radius 2 is 1.89 bits per heavy atom. The van der Waals surface area contributed by atoms with Crippen molar-refractivity contribution in [3.05, 3.63) is 48.0 Å². The molecule has 1 radical (unpaired) electrons. The third-order valence-electron chi connectivity index (χ3n) is 3.42. The maximum absolute atomic E-state index is 12.6. The molecule has 1 aromatic rings. The van der Waals surface area contributed by atoms with E-state index in [4.69, 9.17) is 6.58 Å². The lowest BCUT2D eigenvalue weighted by Gasteiger charge is -2.39. The van der Waals surface area contributed by atoms with Crippen LogP contribution in [0.3, 0.4) is 0 Å². The number of nitrogens with one attached hydrogen (secondary N) is 2. The van der Waals surface area contributed by atoms with Gasteiger partial charge in [0.1, 0.15) is 0 Å². The van der Waals surface area contributed by atoms with E-state index in [0.29, 0.717) is 13.0 Å². The summed E-state index contributed by atoms with van der Waals surface area (Å²) < 4.78 is 37.7. The Morgan fingerprint density at radius 1 is 1.21 bits per heavy atom. The van der Waals surface area contributed by atoms with Gasteiger partial charge in [-0.3, -0.25) is 0 Å². The highest BCUT2D eigenvalue weighted by Gasteiger charge is 2.34. The summed E-state index contributed by atoms with van der Waals surface area (Å²) in [6, 6.07) is 5.27. The molecule has 0 spiro atoms. The van der Waals surface area contributed by atoms with Crippen molar-refractivity contribution in [2.45, 2.75) is 18.1 Å². The van der Waals surface area contributed by atoms with E-state index in [1.54, 1.807) is 0 Å². The van der Waals surface area contributed by atoms with Crippen LogP contribution in [-0.2, 0) is 11.7 Å². The van der Waals surface area contributed by atoms with Crippen LogP contribution in [0.4, 0.5) is 13.2 Å². The summed E-state index contributed by atoms with van der Waals surface area (Å²) in [4.78, 5) is 0. The first kappa shape index (κ1) is 14.1. The minimum Gasteiger partial charge on any atom is -0.313 e. The average molecular weight is 269 g/mol. The maximum atomic E-state index is 12.6. The molecule has 19 heavy (non-hydrogen) atoms. The summed E-state index contributed by atoms with van der Waals surface area (Å²) in [5, 5.41) is 6.60. The third-order valence-corrected chi connectivity index (χ3v) is 3.42. The zero-order valence-corrected chi connectivity index (χ0v) is 10.4. The number of benzene rings is 1. The number of halogens is 3. The predicted octanol–water partition coefficient (Wildman–Crippen LogP) is 2.47. The van der Waals surface area contributed by atoms with E-state index in [-0.39, 0.29) is 0 Å². The minimum absolute atomic E-state index is 0.420. The summed E-state index contributed by atoms with van der Waals surface area (Å²) in [5.74, 6) is 0. The molecule has 5 heteroatoms. The molecule has 1 heterocycles. The molecule has 0 aromatic heterocycles. The van der Waals surface area contributed by atoms with Gasteiger partial charge in [-0.25, -0.2) is 0 Å². The molecule has 0 bridgehead atoms. The summed E-state index contributed by atoms with van der Waals surface area (Å²) in [6.45, 7) is 7.75. The van der Waals surface area contributed by atoms with Gasteiger partial charge < -0.3 is 10.6 Å². The first-order chi connectivity index (χ1) is 8.98. The number of hydrogen-bond acceptors (Lipinski definition) is 2.